The largest absolute Gasteiger partial charge is 0.383 e. The average molecular weight is 389 g/mol. The van der Waals surface area contributed by atoms with Crippen molar-refractivity contribution in [3.63, 3.8) is 0 Å². The summed E-state index contributed by atoms with van der Waals surface area (Å²) in [5.41, 5.74) is 9.45. The molecule has 1 fully saturated rings. The van der Waals surface area contributed by atoms with E-state index in [1.54, 1.807) is 11.3 Å². The van der Waals surface area contributed by atoms with Gasteiger partial charge in [0, 0.05) is 35.3 Å². The smallest absolute Gasteiger partial charge is 0.136 e. The first-order valence-corrected chi connectivity index (χ1v) is 10.0. The molecule has 1 saturated heterocycles. The Morgan fingerprint density at radius 2 is 1.75 bits per heavy atom. The molecule has 0 spiro atoms. The van der Waals surface area contributed by atoms with Crippen LogP contribution < -0.4 is 10.6 Å². The molecule has 6 nitrogen and oxygen atoms in total. The summed E-state index contributed by atoms with van der Waals surface area (Å²) in [5, 5.41) is 0.908. The molecule has 28 heavy (non-hydrogen) atoms. The fraction of sp³-hybridized carbons (Fsp3) is 0.190. The molecule has 2 N–H and O–H groups in total. The SMILES string of the molecule is Nc1ncnc2sc(-c3ccc(N4CCOCC4)nc3)c(-c3ccccc3)c12. The number of fused-ring (bicyclic) bond motifs is 1. The third-order valence-electron chi connectivity index (χ3n) is 4.93. The predicted molar refractivity (Wildman–Crippen MR) is 114 cm³/mol. The van der Waals surface area contributed by atoms with Crippen LogP contribution in [0.5, 0.6) is 0 Å². The Morgan fingerprint density at radius 3 is 2.50 bits per heavy atom. The Bertz CT molecular complexity index is 1110. The lowest BCUT2D eigenvalue weighted by atomic mass is 10.0. The van der Waals surface area contributed by atoms with Crippen molar-refractivity contribution >= 4 is 33.2 Å². The van der Waals surface area contributed by atoms with Crippen molar-refractivity contribution in [3.8, 4) is 21.6 Å². The summed E-state index contributed by atoms with van der Waals surface area (Å²) in [4.78, 5) is 17.6. The molecule has 1 aliphatic heterocycles. The summed E-state index contributed by atoms with van der Waals surface area (Å²) < 4.78 is 5.43. The van der Waals surface area contributed by atoms with Gasteiger partial charge in [-0.1, -0.05) is 30.3 Å². The highest BCUT2D eigenvalue weighted by molar-refractivity contribution is 7.22. The van der Waals surface area contributed by atoms with Crippen LogP contribution in [-0.2, 0) is 4.74 Å². The maximum Gasteiger partial charge on any atom is 0.136 e. The number of ether oxygens (including phenoxy) is 1. The van der Waals surface area contributed by atoms with E-state index in [1.807, 2.05) is 24.4 Å². The number of morpholine rings is 1. The first-order chi connectivity index (χ1) is 13.8. The van der Waals surface area contributed by atoms with Gasteiger partial charge in [0.2, 0.25) is 0 Å². The molecule has 0 aliphatic carbocycles. The van der Waals surface area contributed by atoms with Crippen LogP contribution in [0.2, 0.25) is 0 Å². The highest BCUT2D eigenvalue weighted by atomic mass is 32.1. The van der Waals surface area contributed by atoms with Crippen molar-refractivity contribution in [2.45, 2.75) is 0 Å². The van der Waals surface area contributed by atoms with Gasteiger partial charge in [-0.05, 0) is 17.7 Å². The number of rotatable bonds is 3. The number of anilines is 2. The van der Waals surface area contributed by atoms with E-state index in [0.29, 0.717) is 5.82 Å². The molecule has 4 heterocycles. The lowest BCUT2D eigenvalue weighted by Crippen LogP contribution is -2.36. The number of benzene rings is 1. The van der Waals surface area contributed by atoms with Gasteiger partial charge in [0.25, 0.3) is 0 Å². The third kappa shape index (κ3) is 2.98. The Hall–Kier alpha value is -3.03. The van der Waals surface area contributed by atoms with Crippen LogP contribution in [0.15, 0.2) is 55.0 Å². The van der Waals surface area contributed by atoms with Crippen LogP contribution in [0, 0.1) is 0 Å². The van der Waals surface area contributed by atoms with Gasteiger partial charge >= 0.3 is 0 Å². The number of thiophene rings is 1. The molecule has 1 aromatic carbocycles. The van der Waals surface area contributed by atoms with E-state index in [-0.39, 0.29) is 0 Å². The highest BCUT2D eigenvalue weighted by Gasteiger charge is 2.20. The fourth-order valence-electron chi connectivity index (χ4n) is 3.54. The quantitative estimate of drug-likeness (QED) is 0.574. The summed E-state index contributed by atoms with van der Waals surface area (Å²) in [5.74, 6) is 1.48. The number of nitrogens with zero attached hydrogens (tertiary/aromatic N) is 4. The van der Waals surface area contributed by atoms with Crippen LogP contribution in [0.25, 0.3) is 31.8 Å². The van der Waals surface area contributed by atoms with E-state index in [9.17, 15) is 0 Å². The maximum atomic E-state index is 6.23. The number of hydrogen-bond acceptors (Lipinski definition) is 7. The second kappa shape index (κ2) is 7.18. The Balaban J connectivity index is 1.63. The number of hydrogen-bond donors (Lipinski definition) is 1. The zero-order chi connectivity index (χ0) is 18.9. The average Bonchev–Trinajstić information content (AvgIpc) is 3.16. The molecule has 0 radical (unpaired) electrons. The third-order valence-corrected chi connectivity index (χ3v) is 6.07. The van der Waals surface area contributed by atoms with Gasteiger partial charge in [0.05, 0.1) is 18.6 Å². The topological polar surface area (TPSA) is 77.2 Å². The molecular weight excluding hydrogens is 370 g/mol. The minimum absolute atomic E-state index is 0.504. The van der Waals surface area contributed by atoms with Crippen LogP contribution in [-0.4, -0.2) is 41.3 Å². The standard InChI is InChI=1S/C21H19N5OS/c22-20-18-17(14-4-2-1-3-5-14)19(28-21(18)25-13-24-20)15-6-7-16(23-12-15)26-8-10-27-11-9-26/h1-7,12-13H,8-11H2,(H2,22,24,25). The molecule has 140 valence electrons. The summed E-state index contributed by atoms with van der Waals surface area (Å²) in [6.07, 6.45) is 3.46. The number of pyridine rings is 1. The predicted octanol–water partition coefficient (Wildman–Crippen LogP) is 3.84. The summed E-state index contributed by atoms with van der Waals surface area (Å²) in [6.45, 7) is 3.24. The van der Waals surface area contributed by atoms with Gasteiger partial charge in [0.1, 0.15) is 22.8 Å². The van der Waals surface area contributed by atoms with Crippen LogP contribution in [0.3, 0.4) is 0 Å². The van der Waals surface area contributed by atoms with Gasteiger partial charge < -0.3 is 15.4 Å². The second-order valence-corrected chi connectivity index (χ2v) is 7.61. The van der Waals surface area contributed by atoms with Gasteiger partial charge in [-0.15, -0.1) is 11.3 Å². The fourth-order valence-corrected chi connectivity index (χ4v) is 4.70. The van der Waals surface area contributed by atoms with Gasteiger partial charge in [-0.3, -0.25) is 0 Å². The number of aromatic nitrogens is 3. The highest BCUT2D eigenvalue weighted by Crippen LogP contribution is 2.45. The molecule has 4 aromatic rings. The molecule has 0 unspecified atom stereocenters. The zero-order valence-corrected chi connectivity index (χ0v) is 16.0. The molecular formula is C21H19N5OS. The molecule has 0 amide bonds. The molecule has 5 rings (SSSR count). The van der Waals surface area contributed by atoms with Crippen molar-refractivity contribution in [3.05, 3.63) is 55.0 Å². The van der Waals surface area contributed by atoms with E-state index in [0.717, 1.165) is 63.9 Å². The minimum Gasteiger partial charge on any atom is -0.383 e. The molecule has 3 aromatic heterocycles. The molecule has 0 atom stereocenters. The van der Waals surface area contributed by atoms with E-state index < -0.39 is 0 Å². The summed E-state index contributed by atoms with van der Waals surface area (Å²) in [7, 11) is 0. The number of nitrogens with two attached hydrogens (primary N) is 1. The first kappa shape index (κ1) is 17.1. The van der Waals surface area contributed by atoms with Gasteiger partial charge in [-0.25, -0.2) is 15.0 Å². The van der Waals surface area contributed by atoms with Crippen molar-refractivity contribution in [1.29, 1.82) is 0 Å². The van der Waals surface area contributed by atoms with Gasteiger partial charge in [-0.2, -0.15) is 0 Å². The number of nitrogen functional groups attached to an aromatic ring is 1. The summed E-state index contributed by atoms with van der Waals surface area (Å²) >= 11 is 1.62. The lowest BCUT2D eigenvalue weighted by molar-refractivity contribution is 0.122. The van der Waals surface area contributed by atoms with E-state index in [2.05, 4.69) is 39.1 Å². The lowest BCUT2D eigenvalue weighted by Gasteiger charge is -2.27. The van der Waals surface area contributed by atoms with E-state index >= 15 is 0 Å². The van der Waals surface area contributed by atoms with Crippen LogP contribution in [0.1, 0.15) is 0 Å². The van der Waals surface area contributed by atoms with Gasteiger partial charge in [0.15, 0.2) is 0 Å². The van der Waals surface area contributed by atoms with Crippen LogP contribution in [0.4, 0.5) is 11.6 Å². The first-order valence-electron chi connectivity index (χ1n) is 9.19. The van der Waals surface area contributed by atoms with Crippen molar-refractivity contribution in [1.82, 2.24) is 15.0 Å². The Morgan fingerprint density at radius 1 is 0.929 bits per heavy atom. The normalized spacial score (nSPS) is 14.5. The minimum atomic E-state index is 0.504. The van der Waals surface area contributed by atoms with Crippen molar-refractivity contribution < 1.29 is 4.74 Å². The van der Waals surface area contributed by atoms with Crippen LogP contribution >= 0.6 is 11.3 Å². The second-order valence-electron chi connectivity index (χ2n) is 6.62. The van der Waals surface area contributed by atoms with E-state index in [4.69, 9.17) is 15.5 Å². The van der Waals surface area contributed by atoms with E-state index in [1.165, 1.54) is 6.33 Å². The zero-order valence-electron chi connectivity index (χ0n) is 15.2. The molecule has 0 bridgehead atoms. The molecule has 0 saturated carbocycles. The van der Waals surface area contributed by atoms with Crippen molar-refractivity contribution in [2.75, 3.05) is 36.9 Å². The molecule has 7 heteroatoms. The Kier molecular flexibility index (Phi) is 4.38. The Labute approximate surface area is 166 Å². The maximum absolute atomic E-state index is 6.23. The monoisotopic (exact) mass is 389 g/mol. The summed E-state index contributed by atoms with van der Waals surface area (Å²) in [6, 6.07) is 14.5. The van der Waals surface area contributed by atoms with Crippen molar-refractivity contribution in [2.24, 2.45) is 0 Å². The molecule has 1 aliphatic rings.